The summed E-state index contributed by atoms with van der Waals surface area (Å²) in [4.78, 5) is 7.99. The SMILES string of the molecule is Cl.Clc1ncnc2cc(I)ccc12. The van der Waals surface area contributed by atoms with Crippen molar-refractivity contribution in [2.45, 2.75) is 0 Å². The number of halogens is 3. The van der Waals surface area contributed by atoms with Gasteiger partial charge in [-0.25, -0.2) is 9.97 Å². The van der Waals surface area contributed by atoms with Gasteiger partial charge >= 0.3 is 0 Å². The number of hydrogen-bond donors (Lipinski definition) is 0. The molecule has 2 nitrogen and oxygen atoms in total. The van der Waals surface area contributed by atoms with E-state index in [0.717, 1.165) is 14.5 Å². The Bertz CT molecular complexity index is 433. The highest BCUT2D eigenvalue weighted by Crippen LogP contribution is 2.20. The maximum Gasteiger partial charge on any atom is 0.140 e. The van der Waals surface area contributed by atoms with Crippen LogP contribution in [-0.4, -0.2) is 9.97 Å². The first-order valence-corrected chi connectivity index (χ1v) is 4.79. The molecule has 1 heterocycles. The highest BCUT2D eigenvalue weighted by atomic mass is 127. The van der Waals surface area contributed by atoms with E-state index in [1.165, 1.54) is 6.33 Å². The van der Waals surface area contributed by atoms with Gasteiger partial charge in [0.05, 0.1) is 5.52 Å². The van der Waals surface area contributed by atoms with Crippen molar-refractivity contribution in [1.82, 2.24) is 9.97 Å². The Morgan fingerprint density at radius 3 is 2.77 bits per heavy atom. The molecule has 0 bridgehead atoms. The van der Waals surface area contributed by atoms with Crippen LogP contribution < -0.4 is 0 Å². The Kier molecular flexibility index (Phi) is 3.70. The highest BCUT2D eigenvalue weighted by molar-refractivity contribution is 14.1. The first-order valence-electron chi connectivity index (χ1n) is 3.33. The molecule has 2 rings (SSSR count). The van der Waals surface area contributed by atoms with Crippen LogP contribution in [0.3, 0.4) is 0 Å². The number of rotatable bonds is 0. The standard InChI is InChI=1S/C8H4ClIN2.ClH/c9-8-6-2-1-5(10)3-7(6)11-4-12-8;/h1-4H;1H. The Hall–Kier alpha value is -0.130. The fourth-order valence-corrected chi connectivity index (χ4v) is 1.68. The highest BCUT2D eigenvalue weighted by Gasteiger charge is 1.99. The summed E-state index contributed by atoms with van der Waals surface area (Å²) in [6.45, 7) is 0. The molecule has 0 unspecified atom stereocenters. The summed E-state index contributed by atoms with van der Waals surface area (Å²) < 4.78 is 1.15. The number of hydrogen-bond acceptors (Lipinski definition) is 2. The largest absolute Gasteiger partial charge is 0.236 e. The second kappa shape index (κ2) is 4.39. The van der Waals surface area contributed by atoms with Crippen molar-refractivity contribution in [2.24, 2.45) is 0 Å². The van der Waals surface area contributed by atoms with Crippen LogP contribution in [-0.2, 0) is 0 Å². The first-order chi connectivity index (χ1) is 5.77. The van der Waals surface area contributed by atoms with E-state index in [1.54, 1.807) is 0 Å². The van der Waals surface area contributed by atoms with Gasteiger partial charge in [0.25, 0.3) is 0 Å². The van der Waals surface area contributed by atoms with E-state index in [9.17, 15) is 0 Å². The van der Waals surface area contributed by atoms with Gasteiger partial charge in [0.15, 0.2) is 0 Å². The van der Waals surface area contributed by atoms with Crippen LogP contribution in [0.1, 0.15) is 0 Å². The molecular weight excluding hydrogens is 322 g/mol. The molecule has 0 amide bonds. The summed E-state index contributed by atoms with van der Waals surface area (Å²) >= 11 is 8.09. The molecule has 1 aromatic carbocycles. The van der Waals surface area contributed by atoms with Crippen LogP contribution in [0, 0.1) is 3.57 Å². The number of aromatic nitrogens is 2. The topological polar surface area (TPSA) is 25.8 Å². The second-order valence-electron chi connectivity index (χ2n) is 2.33. The van der Waals surface area contributed by atoms with E-state index in [4.69, 9.17) is 11.6 Å². The van der Waals surface area contributed by atoms with E-state index in [0.29, 0.717) is 5.15 Å². The fourth-order valence-electron chi connectivity index (χ4n) is 0.997. The summed E-state index contributed by atoms with van der Waals surface area (Å²) in [5, 5.41) is 1.41. The van der Waals surface area contributed by atoms with Gasteiger partial charge < -0.3 is 0 Å². The summed E-state index contributed by atoms with van der Waals surface area (Å²) in [6.07, 6.45) is 1.47. The minimum Gasteiger partial charge on any atom is -0.236 e. The zero-order valence-electron chi connectivity index (χ0n) is 6.37. The lowest BCUT2D eigenvalue weighted by Crippen LogP contribution is -1.83. The van der Waals surface area contributed by atoms with Crippen molar-refractivity contribution in [3.05, 3.63) is 33.2 Å². The summed E-state index contributed by atoms with van der Waals surface area (Å²) in [7, 11) is 0. The van der Waals surface area contributed by atoms with Crippen LogP contribution in [0.25, 0.3) is 10.9 Å². The maximum atomic E-state index is 5.86. The average molecular weight is 327 g/mol. The van der Waals surface area contributed by atoms with Crippen LogP contribution in [0.5, 0.6) is 0 Å². The molecule has 68 valence electrons. The molecule has 0 N–H and O–H groups in total. The van der Waals surface area contributed by atoms with Crippen molar-refractivity contribution in [3.63, 3.8) is 0 Å². The molecular formula is C8H5Cl2IN2. The lowest BCUT2D eigenvalue weighted by molar-refractivity contribution is 1.22. The molecule has 0 aliphatic rings. The van der Waals surface area contributed by atoms with E-state index in [-0.39, 0.29) is 12.4 Å². The fraction of sp³-hybridized carbons (Fsp3) is 0. The molecule has 0 aliphatic carbocycles. The minimum absolute atomic E-state index is 0. The van der Waals surface area contributed by atoms with Gasteiger partial charge in [0, 0.05) is 8.96 Å². The Morgan fingerprint density at radius 1 is 1.23 bits per heavy atom. The summed E-state index contributed by atoms with van der Waals surface area (Å²) in [5.41, 5.74) is 0.891. The molecule has 1 aromatic heterocycles. The Balaban J connectivity index is 0.000000845. The minimum atomic E-state index is 0. The molecule has 0 radical (unpaired) electrons. The van der Waals surface area contributed by atoms with Crippen LogP contribution in [0.4, 0.5) is 0 Å². The zero-order valence-corrected chi connectivity index (χ0v) is 10.1. The predicted molar refractivity (Wildman–Crippen MR) is 64.5 cm³/mol. The van der Waals surface area contributed by atoms with E-state index in [2.05, 4.69) is 32.6 Å². The average Bonchev–Trinajstić information content (AvgIpc) is 2.04. The van der Waals surface area contributed by atoms with Gasteiger partial charge in [-0.05, 0) is 40.8 Å². The normalized spacial score (nSPS) is 9.69. The van der Waals surface area contributed by atoms with Gasteiger partial charge in [0.2, 0.25) is 0 Å². The molecule has 0 aliphatic heterocycles. The first kappa shape index (κ1) is 10.9. The second-order valence-corrected chi connectivity index (χ2v) is 3.93. The van der Waals surface area contributed by atoms with Crippen molar-refractivity contribution < 1.29 is 0 Å². The third kappa shape index (κ3) is 2.21. The van der Waals surface area contributed by atoms with E-state index < -0.39 is 0 Å². The monoisotopic (exact) mass is 326 g/mol. The lowest BCUT2D eigenvalue weighted by atomic mass is 10.2. The smallest absolute Gasteiger partial charge is 0.140 e. The zero-order chi connectivity index (χ0) is 8.55. The number of nitrogens with zero attached hydrogens (tertiary/aromatic N) is 2. The van der Waals surface area contributed by atoms with Crippen LogP contribution in [0.15, 0.2) is 24.5 Å². The van der Waals surface area contributed by atoms with Crippen molar-refractivity contribution in [2.75, 3.05) is 0 Å². The van der Waals surface area contributed by atoms with Crippen molar-refractivity contribution in [1.29, 1.82) is 0 Å². The molecule has 0 spiro atoms. The van der Waals surface area contributed by atoms with Gasteiger partial charge in [-0.15, -0.1) is 12.4 Å². The van der Waals surface area contributed by atoms with Gasteiger partial charge in [-0.2, -0.15) is 0 Å². The molecule has 5 heteroatoms. The molecule has 0 atom stereocenters. The Morgan fingerprint density at radius 2 is 2.00 bits per heavy atom. The number of benzene rings is 1. The summed E-state index contributed by atoms with van der Waals surface area (Å²) in [5.74, 6) is 0. The maximum absolute atomic E-state index is 5.86. The van der Waals surface area contributed by atoms with Crippen LogP contribution in [0.2, 0.25) is 5.15 Å². The third-order valence-electron chi connectivity index (χ3n) is 1.55. The van der Waals surface area contributed by atoms with Crippen LogP contribution >= 0.6 is 46.6 Å². The molecule has 13 heavy (non-hydrogen) atoms. The molecule has 2 aromatic rings. The summed E-state index contributed by atoms with van der Waals surface area (Å²) in [6, 6.07) is 5.89. The van der Waals surface area contributed by atoms with Gasteiger partial charge in [0.1, 0.15) is 11.5 Å². The lowest BCUT2D eigenvalue weighted by Gasteiger charge is -1.97. The molecule has 0 saturated carbocycles. The molecule has 0 fully saturated rings. The van der Waals surface area contributed by atoms with E-state index in [1.807, 2.05) is 18.2 Å². The predicted octanol–water partition coefficient (Wildman–Crippen LogP) is 3.31. The Labute approximate surface area is 100 Å². The third-order valence-corrected chi connectivity index (χ3v) is 2.52. The van der Waals surface area contributed by atoms with Crippen molar-refractivity contribution in [3.8, 4) is 0 Å². The van der Waals surface area contributed by atoms with Gasteiger partial charge in [-0.1, -0.05) is 11.6 Å². The van der Waals surface area contributed by atoms with E-state index >= 15 is 0 Å². The van der Waals surface area contributed by atoms with Gasteiger partial charge in [-0.3, -0.25) is 0 Å². The quantitative estimate of drug-likeness (QED) is 0.548. The molecule has 0 saturated heterocycles. The van der Waals surface area contributed by atoms with Crippen molar-refractivity contribution >= 4 is 57.5 Å². The number of fused-ring (bicyclic) bond motifs is 1.